The molecule has 2 aromatic rings. The molecule has 2 nitrogen and oxygen atoms in total. The molecule has 0 saturated heterocycles. The monoisotopic (exact) mass is 269 g/mol. The van der Waals surface area contributed by atoms with Gasteiger partial charge in [-0.05, 0) is 42.5 Å². The van der Waals surface area contributed by atoms with Crippen LogP contribution in [0.25, 0.3) is 0 Å². The molecule has 0 aliphatic rings. The maximum absolute atomic E-state index is 6.16. The molecule has 0 spiro atoms. The average molecular weight is 269 g/mol. The molecule has 0 fully saturated rings. The summed E-state index contributed by atoms with van der Waals surface area (Å²) in [6, 6.07) is 14.4. The van der Waals surface area contributed by atoms with Gasteiger partial charge in [-0.25, -0.2) is 0 Å². The Morgan fingerprint density at radius 1 is 1.10 bits per heavy atom. The van der Waals surface area contributed by atoms with Gasteiger partial charge in [0.15, 0.2) is 0 Å². The fraction of sp³-hybridized carbons (Fsp3) is 0.333. The quantitative estimate of drug-likeness (QED) is 0.849. The molecule has 2 aromatic carbocycles. The zero-order valence-electron chi connectivity index (χ0n) is 12.5. The Morgan fingerprint density at radius 2 is 1.85 bits per heavy atom. The highest BCUT2D eigenvalue weighted by molar-refractivity contribution is 5.44. The van der Waals surface area contributed by atoms with E-state index in [0.29, 0.717) is 12.5 Å². The fourth-order valence-corrected chi connectivity index (χ4v) is 2.24. The third-order valence-corrected chi connectivity index (χ3v) is 3.72. The van der Waals surface area contributed by atoms with Crippen molar-refractivity contribution >= 4 is 0 Å². The highest BCUT2D eigenvalue weighted by Gasteiger charge is 2.12. The van der Waals surface area contributed by atoms with Crippen LogP contribution in [-0.4, -0.2) is 0 Å². The van der Waals surface area contributed by atoms with Gasteiger partial charge in [-0.2, -0.15) is 0 Å². The van der Waals surface area contributed by atoms with E-state index in [0.717, 1.165) is 23.5 Å². The number of ether oxygens (including phenoxy) is 1. The first-order chi connectivity index (χ1) is 9.65. The van der Waals surface area contributed by atoms with Gasteiger partial charge in [-0.3, -0.25) is 0 Å². The summed E-state index contributed by atoms with van der Waals surface area (Å²) in [5.74, 6) is 2.28. The number of aryl methyl sites for hydroxylation is 1. The third kappa shape index (κ3) is 3.20. The standard InChI is InChI=1S/C18H23NO/c1-4-14(3)16-7-5-6-8-17(16)20-18-11-13(2)9-10-15(18)12-19/h5-11,14H,4,12,19H2,1-3H3. The Kier molecular flexibility index (Phi) is 4.80. The van der Waals surface area contributed by atoms with Gasteiger partial charge in [0.2, 0.25) is 0 Å². The van der Waals surface area contributed by atoms with Crippen molar-refractivity contribution in [3.8, 4) is 11.5 Å². The summed E-state index contributed by atoms with van der Waals surface area (Å²) >= 11 is 0. The molecular formula is C18H23NO. The first-order valence-corrected chi connectivity index (χ1v) is 7.22. The van der Waals surface area contributed by atoms with Gasteiger partial charge in [0.1, 0.15) is 11.5 Å². The molecule has 0 saturated carbocycles. The van der Waals surface area contributed by atoms with Gasteiger partial charge in [-0.15, -0.1) is 0 Å². The second-order valence-electron chi connectivity index (χ2n) is 5.26. The summed E-state index contributed by atoms with van der Waals surface area (Å²) in [6.07, 6.45) is 1.10. The molecule has 0 aliphatic heterocycles. The summed E-state index contributed by atoms with van der Waals surface area (Å²) in [5.41, 5.74) is 9.26. The molecule has 0 amide bonds. The van der Waals surface area contributed by atoms with Crippen LogP contribution in [0.3, 0.4) is 0 Å². The van der Waals surface area contributed by atoms with Crippen LogP contribution < -0.4 is 10.5 Å². The van der Waals surface area contributed by atoms with Crippen LogP contribution in [0.1, 0.15) is 42.9 Å². The molecule has 2 heteroatoms. The van der Waals surface area contributed by atoms with Crippen LogP contribution >= 0.6 is 0 Å². The van der Waals surface area contributed by atoms with Gasteiger partial charge in [0.25, 0.3) is 0 Å². The minimum Gasteiger partial charge on any atom is -0.457 e. The lowest BCUT2D eigenvalue weighted by Crippen LogP contribution is -2.01. The molecule has 0 radical (unpaired) electrons. The average Bonchev–Trinajstić information content (AvgIpc) is 2.47. The Morgan fingerprint density at radius 3 is 2.55 bits per heavy atom. The van der Waals surface area contributed by atoms with Crippen molar-refractivity contribution in [3.05, 3.63) is 59.2 Å². The van der Waals surface area contributed by atoms with Gasteiger partial charge in [0.05, 0.1) is 0 Å². The highest BCUT2D eigenvalue weighted by atomic mass is 16.5. The minimum atomic E-state index is 0.484. The molecule has 0 heterocycles. The lowest BCUT2D eigenvalue weighted by atomic mass is 9.98. The summed E-state index contributed by atoms with van der Waals surface area (Å²) in [4.78, 5) is 0. The van der Waals surface area contributed by atoms with Crippen molar-refractivity contribution in [1.29, 1.82) is 0 Å². The Bertz CT molecular complexity index is 577. The molecule has 0 aliphatic carbocycles. The maximum Gasteiger partial charge on any atom is 0.132 e. The predicted molar refractivity (Wildman–Crippen MR) is 84.3 cm³/mol. The van der Waals surface area contributed by atoms with Crippen molar-refractivity contribution in [2.24, 2.45) is 5.73 Å². The highest BCUT2D eigenvalue weighted by Crippen LogP contribution is 2.33. The lowest BCUT2D eigenvalue weighted by molar-refractivity contribution is 0.464. The number of hydrogen-bond acceptors (Lipinski definition) is 2. The summed E-state index contributed by atoms with van der Waals surface area (Å²) in [7, 11) is 0. The molecule has 2 N–H and O–H groups in total. The zero-order chi connectivity index (χ0) is 14.5. The number of para-hydroxylation sites is 1. The van der Waals surface area contributed by atoms with Crippen LogP contribution in [0.15, 0.2) is 42.5 Å². The number of rotatable bonds is 5. The van der Waals surface area contributed by atoms with Gasteiger partial charge in [0, 0.05) is 12.1 Å². The van der Waals surface area contributed by atoms with E-state index in [-0.39, 0.29) is 0 Å². The van der Waals surface area contributed by atoms with E-state index in [1.807, 2.05) is 18.2 Å². The van der Waals surface area contributed by atoms with Crippen molar-refractivity contribution in [1.82, 2.24) is 0 Å². The summed E-state index contributed by atoms with van der Waals surface area (Å²) in [6.45, 7) is 6.97. The second-order valence-corrected chi connectivity index (χ2v) is 5.26. The second kappa shape index (κ2) is 6.58. The van der Waals surface area contributed by atoms with Crippen molar-refractivity contribution in [2.75, 3.05) is 0 Å². The number of nitrogens with two attached hydrogens (primary N) is 1. The molecule has 0 aromatic heterocycles. The van der Waals surface area contributed by atoms with Crippen LogP contribution in [0.2, 0.25) is 0 Å². The van der Waals surface area contributed by atoms with Gasteiger partial charge >= 0.3 is 0 Å². The Balaban J connectivity index is 2.37. The molecule has 0 bridgehead atoms. The van der Waals surface area contributed by atoms with E-state index in [1.165, 1.54) is 11.1 Å². The number of hydrogen-bond donors (Lipinski definition) is 1. The first-order valence-electron chi connectivity index (χ1n) is 7.22. The lowest BCUT2D eigenvalue weighted by Gasteiger charge is -2.17. The summed E-state index contributed by atoms with van der Waals surface area (Å²) in [5, 5.41) is 0. The minimum absolute atomic E-state index is 0.484. The Hall–Kier alpha value is -1.80. The fourth-order valence-electron chi connectivity index (χ4n) is 2.24. The largest absolute Gasteiger partial charge is 0.457 e. The predicted octanol–water partition coefficient (Wildman–Crippen LogP) is 4.76. The summed E-state index contributed by atoms with van der Waals surface area (Å²) < 4.78 is 6.16. The zero-order valence-corrected chi connectivity index (χ0v) is 12.5. The molecule has 1 atom stereocenters. The molecule has 2 rings (SSSR count). The SMILES string of the molecule is CCC(C)c1ccccc1Oc1cc(C)ccc1CN. The molecule has 106 valence electrons. The van der Waals surface area contributed by atoms with Crippen LogP contribution in [0.4, 0.5) is 0 Å². The molecule has 1 unspecified atom stereocenters. The van der Waals surface area contributed by atoms with Gasteiger partial charge < -0.3 is 10.5 Å². The smallest absolute Gasteiger partial charge is 0.132 e. The first kappa shape index (κ1) is 14.6. The van der Waals surface area contributed by atoms with Crippen LogP contribution in [-0.2, 0) is 6.54 Å². The van der Waals surface area contributed by atoms with Crippen molar-refractivity contribution in [3.63, 3.8) is 0 Å². The molecular weight excluding hydrogens is 246 g/mol. The topological polar surface area (TPSA) is 35.2 Å². The normalized spacial score (nSPS) is 12.2. The van der Waals surface area contributed by atoms with Crippen molar-refractivity contribution < 1.29 is 4.74 Å². The van der Waals surface area contributed by atoms with Crippen LogP contribution in [0, 0.1) is 6.92 Å². The van der Waals surface area contributed by atoms with E-state index in [1.54, 1.807) is 0 Å². The number of benzene rings is 2. The van der Waals surface area contributed by atoms with E-state index in [4.69, 9.17) is 10.5 Å². The van der Waals surface area contributed by atoms with Crippen LogP contribution in [0.5, 0.6) is 11.5 Å². The van der Waals surface area contributed by atoms with E-state index >= 15 is 0 Å². The van der Waals surface area contributed by atoms with E-state index < -0.39 is 0 Å². The maximum atomic E-state index is 6.16. The van der Waals surface area contributed by atoms with E-state index in [9.17, 15) is 0 Å². The van der Waals surface area contributed by atoms with Crippen molar-refractivity contribution in [2.45, 2.75) is 39.7 Å². The van der Waals surface area contributed by atoms with Gasteiger partial charge in [-0.1, -0.05) is 44.2 Å². The third-order valence-electron chi connectivity index (χ3n) is 3.72. The Labute approximate surface area is 121 Å². The van der Waals surface area contributed by atoms with E-state index in [2.05, 4.69) is 45.0 Å². The molecule has 20 heavy (non-hydrogen) atoms.